The summed E-state index contributed by atoms with van der Waals surface area (Å²) >= 11 is 0. The third-order valence-corrected chi connectivity index (χ3v) is 4.37. The fraction of sp³-hybridized carbons (Fsp3) is 0.100. The molecule has 2 heterocycles. The van der Waals surface area contributed by atoms with Crippen LogP contribution in [0, 0.1) is 13.8 Å². The molecular weight excluding hydrogens is 272 g/mol. The molecule has 0 atom stereocenters. The van der Waals surface area contributed by atoms with Crippen molar-refractivity contribution in [3.05, 3.63) is 59.7 Å². The van der Waals surface area contributed by atoms with Gasteiger partial charge in [-0.2, -0.15) is 0 Å². The second kappa shape index (κ2) is 3.92. The Morgan fingerprint density at radius 2 is 0.955 bits per heavy atom. The molecule has 0 amide bonds. The molecule has 2 nitrogen and oxygen atoms in total. The Balaban J connectivity index is 2.00. The Morgan fingerprint density at radius 3 is 1.45 bits per heavy atom. The van der Waals surface area contributed by atoms with Crippen molar-refractivity contribution < 1.29 is 8.83 Å². The van der Waals surface area contributed by atoms with Gasteiger partial charge < -0.3 is 8.83 Å². The average Bonchev–Trinajstić information content (AvgIpc) is 3.02. The largest absolute Gasteiger partial charge is 0.456 e. The number of fused-ring (bicyclic) bond motifs is 6. The fourth-order valence-electron chi connectivity index (χ4n) is 3.27. The third-order valence-electron chi connectivity index (χ3n) is 4.37. The molecule has 106 valence electrons. The Morgan fingerprint density at radius 1 is 0.500 bits per heavy atom. The Bertz CT molecular complexity index is 1100. The maximum atomic E-state index is 5.98. The first-order valence-corrected chi connectivity index (χ1v) is 7.45. The topological polar surface area (TPSA) is 26.3 Å². The first-order chi connectivity index (χ1) is 10.7. The van der Waals surface area contributed by atoms with E-state index in [9.17, 15) is 0 Å². The van der Waals surface area contributed by atoms with Gasteiger partial charge in [0.05, 0.1) is 0 Å². The molecule has 0 saturated carbocycles. The van der Waals surface area contributed by atoms with Crippen molar-refractivity contribution in [1.29, 1.82) is 0 Å². The lowest BCUT2D eigenvalue weighted by Gasteiger charge is -1.94. The molecule has 0 bridgehead atoms. The van der Waals surface area contributed by atoms with Gasteiger partial charge in [0.1, 0.15) is 22.3 Å². The van der Waals surface area contributed by atoms with E-state index in [0.717, 1.165) is 33.1 Å². The molecule has 22 heavy (non-hydrogen) atoms. The van der Waals surface area contributed by atoms with Crippen LogP contribution in [0.25, 0.3) is 43.9 Å². The van der Waals surface area contributed by atoms with E-state index in [1.807, 2.05) is 18.2 Å². The normalized spacial score (nSPS) is 12.1. The van der Waals surface area contributed by atoms with Crippen molar-refractivity contribution in [2.24, 2.45) is 0 Å². The molecule has 5 rings (SSSR count). The van der Waals surface area contributed by atoms with Crippen molar-refractivity contribution in [3.63, 3.8) is 0 Å². The highest BCUT2D eigenvalue weighted by molar-refractivity contribution is 6.15. The zero-order chi connectivity index (χ0) is 14.8. The van der Waals surface area contributed by atoms with Gasteiger partial charge in [-0.1, -0.05) is 23.3 Å². The number of benzene rings is 3. The molecule has 0 spiro atoms. The third kappa shape index (κ3) is 1.49. The monoisotopic (exact) mass is 286 g/mol. The molecule has 0 aliphatic rings. The van der Waals surface area contributed by atoms with Crippen LogP contribution >= 0.6 is 0 Å². The van der Waals surface area contributed by atoms with Crippen molar-refractivity contribution >= 4 is 43.9 Å². The Kier molecular flexibility index (Phi) is 2.11. The van der Waals surface area contributed by atoms with Crippen molar-refractivity contribution in [1.82, 2.24) is 0 Å². The van der Waals surface area contributed by atoms with E-state index in [1.54, 1.807) is 0 Å². The molecule has 0 fully saturated rings. The van der Waals surface area contributed by atoms with Crippen molar-refractivity contribution in [2.45, 2.75) is 13.8 Å². The van der Waals surface area contributed by atoms with Gasteiger partial charge in [0, 0.05) is 27.6 Å². The molecule has 3 aromatic carbocycles. The predicted molar refractivity (Wildman–Crippen MR) is 90.5 cm³/mol. The minimum atomic E-state index is 0.879. The summed E-state index contributed by atoms with van der Waals surface area (Å²) in [6.45, 7) is 4.21. The zero-order valence-electron chi connectivity index (χ0n) is 12.4. The van der Waals surface area contributed by atoms with E-state index < -0.39 is 0 Å². The van der Waals surface area contributed by atoms with Crippen molar-refractivity contribution in [2.75, 3.05) is 0 Å². The van der Waals surface area contributed by atoms with E-state index in [2.05, 4.69) is 44.2 Å². The summed E-state index contributed by atoms with van der Waals surface area (Å²) in [5.74, 6) is 0. The molecule has 2 heteroatoms. The Labute approximate surface area is 126 Å². The molecule has 0 N–H and O–H groups in total. The number of hydrogen-bond donors (Lipinski definition) is 0. The van der Waals surface area contributed by atoms with Crippen molar-refractivity contribution in [3.8, 4) is 0 Å². The number of furan rings is 2. The quantitative estimate of drug-likeness (QED) is 0.343. The first-order valence-electron chi connectivity index (χ1n) is 7.45. The van der Waals surface area contributed by atoms with Gasteiger partial charge in [-0.05, 0) is 44.2 Å². The van der Waals surface area contributed by atoms with Gasteiger partial charge in [0.15, 0.2) is 0 Å². The van der Waals surface area contributed by atoms with Crippen LogP contribution in [0.2, 0.25) is 0 Å². The van der Waals surface area contributed by atoms with E-state index >= 15 is 0 Å². The van der Waals surface area contributed by atoms with Crippen LogP contribution in [0.1, 0.15) is 11.1 Å². The summed E-state index contributed by atoms with van der Waals surface area (Å²) in [4.78, 5) is 0. The first kappa shape index (κ1) is 11.9. The number of hydrogen-bond acceptors (Lipinski definition) is 2. The van der Waals surface area contributed by atoms with E-state index in [0.29, 0.717) is 0 Å². The lowest BCUT2D eigenvalue weighted by Crippen LogP contribution is -1.72. The summed E-state index contributed by atoms with van der Waals surface area (Å²) in [6, 6.07) is 16.8. The van der Waals surface area contributed by atoms with Crippen LogP contribution < -0.4 is 0 Å². The summed E-state index contributed by atoms with van der Waals surface area (Å²) < 4.78 is 12.0. The number of rotatable bonds is 0. The van der Waals surface area contributed by atoms with Gasteiger partial charge in [0.25, 0.3) is 0 Å². The highest BCUT2D eigenvalue weighted by Gasteiger charge is 2.13. The second-order valence-electron chi connectivity index (χ2n) is 6.05. The van der Waals surface area contributed by atoms with E-state index in [-0.39, 0.29) is 0 Å². The summed E-state index contributed by atoms with van der Waals surface area (Å²) in [5.41, 5.74) is 6.08. The molecule has 0 unspecified atom stereocenters. The van der Waals surface area contributed by atoms with Crippen LogP contribution in [0.5, 0.6) is 0 Å². The molecule has 2 aromatic heterocycles. The van der Waals surface area contributed by atoms with Crippen LogP contribution in [0.3, 0.4) is 0 Å². The summed E-state index contributed by atoms with van der Waals surface area (Å²) in [5, 5.41) is 4.63. The van der Waals surface area contributed by atoms with Crippen LogP contribution in [0.15, 0.2) is 57.4 Å². The summed E-state index contributed by atoms with van der Waals surface area (Å²) in [6.07, 6.45) is 0. The minimum Gasteiger partial charge on any atom is -0.456 e. The van der Waals surface area contributed by atoms with Crippen LogP contribution in [0.4, 0.5) is 0 Å². The highest BCUT2D eigenvalue weighted by Crippen LogP contribution is 2.36. The van der Waals surface area contributed by atoms with Gasteiger partial charge in [-0.3, -0.25) is 0 Å². The summed E-state index contributed by atoms with van der Waals surface area (Å²) in [7, 11) is 0. The van der Waals surface area contributed by atoms with E-state index in [1.165, 1.54) is 21.9 Å². The average molecular weight is 286 g/mol. The second-order valence-corrected chi connectivity index (χ2v) is 6.05. The SMILES string of the molecule is Cc1ccc2oc3cc4oc5ccc(C)cc5c4cc3c2c1. The van der Waals surface area contributed by atoms with Gasteiger partial charge in [-0.25, -0.2) is 0 Å². The number of aryl methyl sites for hydroxylation is 2. The fourth-order valence-corrected chi connectivity index (χ4v) is 3.27. The zero-order valence-corrected chi connectivity index (χ0v) is 12.4. The molecule has 0 aliphatic heterocycles. The maximum Gasteiger partial charge on any atom is 0.139 e. The van der Waals surface area contributed by atoms with Gasteiger partial charge in [-0.15, -0.1) is 0 Å². The van der Waals surface area contributed by atoms with E-state index in [4.69, 9.17) is 8.83 Å². The molecule has 0 aliphatic carbocycles. The van der Waals surface area contributed by atoms with Gasteiger partial charge in [0.2, 0.25) is 0 Å². The standard InChI is InChI=1S/C20H14O2/c1-11-3-5-17-13(7-11)15-9-16-14-8-12(2)4-6-18(14)22-20(16)10-19(15)21-17/h3-10H,1-2H3. The highest BCUT2D eigenvalue weighted by atomic mass is 16.3. The lowest BCUT2D eigenvalue weighted by molar-refractivity contribution is 0.656. The molecule has 0 radical (unpaired) electrons. The smallest absolute Gasteiger partial charge is 0.139 e. The lowest BCUT2D eigenvalue weighted by atomic mass is 10.1. The molecule has 0 saturated heterocycles. The molecule has 5 aromatic rings. The minimum absolute atomic E-state index is 0.879. The predicted octanol–water partition coefficient (Wildman–Crippen LogP) is 6.10. The van der Waals surface area contributed by atoms with Crippen LogP contribution in [-0.4, -0.2) is 0 Å². The maximum absolute atomic E-state index is 5.98. The van der Waals surface area contributed by atoms with Crippen LogP contribution in [-0.2, 0) is 0 Å². The van der Waals surface area contributed by atoms with Gasteiger partial charge >= 0.3 is 0 Å². The Hall–Kier alpha value is -2.74. The molecular formula is C20H14O2.